The summed E-state index contributed by atoms with van der Waals surface area (Å²) in [6.45, 7) is 6.59. The minimum Gasteiger partial charge on any atom is -0.468 e. The molecule has 0 saturated heterocycles. The van der Waals surface area contributed by atoms with E-state index in [1.54, 1.807) is 18.4 Å². The van der Waals surface area contributed by atoms with Crippen LogP contribution in [0.25, 0.3) is 0 Å². The number of ketones is 1. The Morgan fingerprint density at radius 2 is 2.35 bits per heavy atom. The van der Waals surface area contributed by atoms with Crippen LogP contribution in [0.3, 0.4) is 0 Å². The van der Waals surface area contributed by atoms with Crippen molar-refractivity contribution in [2.45, 2.75) is 26.7 Å². The number of rotatable bonds is 7. The zero-order valence-electron chi connectivity index (χ0n) is 13.5. The van der Waals surface area contributed by atoms with Crippen LogP contribution in [0.15, 0.2) is 44.7 Å². The van der Waals surface area contributed by atoms with Crippen molar-refractivity contribution in [1.29, 1.82) is 5.26 Å². The van der Waals surface area contributed by atoms with E-state index in [4.69, 9.17) is 9.15 Å². The van der Waals surface area contributed by atoms with E-state index in [9.17, 15) is 10.1 Å². The lowest BCUT2D eigenvalue weighted by Crippen LogP contribution is -2.27. The summed E-state index contributed by atoms with van der Waals surface area (Å²) in [6, 6.07) is 5.81. The Balaban J connectivity index is 2.37. The number of dihydropyridines is 1. The molecule has 122 valence electrons. The van der Waals surface area contributed by atoms with E-state index < -0.39 is 5.92 Å². The van der Waals surface area contributed by atoms with Crippen LogP contribution in [-0.2, 0) is 9.53 Å². The van der Waals surface area contributed by atoms with Crippen LogP contribution < -0.4 is 5.32 Å². The molecule has 1 aliphatic heterocycles. The van der Waals surface area contributed by atoms with Crippen molar-refractivity contribution < 1.29 is 13.9 Å². The van der Waals surface area contributed by atoms with Gasteiger partial charge in [-0.3, -0.25) is 4.79 Å². The van der Waals surface area contributed by atoms with Crippen molar-refractivity contribution in [3.8, 4) is 6.07 Å². The van der Waals surface area contributed by atoms with E-state index in [2.05, 4.69) is 11.4 Å². The first-order chi connectivity index (χ1) is 11.1. The van der Waals surface area contributed by atoms with Crippen molar-refractivity contribution in [3.63, 3.8) is 0 Å². The molecule has 1 aromatic rings. The van der Waals surface area contributed by atoms with Gasteiger partial charge in [0.25, 0.3) is 0 Å². The molecule has 1 atom stereocenters. The Morgan fingerprint density at radius 1 is 1.57 bits per heavy atom. The van der Waals surface area contributed by atoms with Crippen LogP contribution in [0.1, 0.15) is 32.4 Å². The Labute approximate surface area is 140 Å². The van der Waals surface area contributed by atoms with Gasteiger partial charge in [0.05, 0.1) is 35.5 Å². The van der Waals surface area contributed by atoms with Gasteiger partial charge < -0.3 is 14.5 Å². The quantitative estimate of drug-likeness (QED) is 0.772. The first kappa shape index (κ1) is 17.4. The van der Waals surface area contributed by atoms with Crippen LogP contribution in [-0.4, -0.2) is 24.7 Å². The van der Waals surface area contributed by atoms with Gasteiger partial charge in [0, 0.05) is 23.6 Å². The molecule has 0 unspecified atom stereocenters. The molecular weight excluding hydrogens is 312 g/mol. The number of ether oxygens (including phenoxy) is 1. The van der Waals surface area contributed by atoms with Gasteiger partial charge in [-0.2, -0.15) is 5.26 Å². The highest BCUT2D eigenvalue weighted by atomic mass is 32.2. The van der Waals surface area contributed by atoms with Crippen LogP contribution >= 0.6 is 11.8 Å². The molecule has 0 aromatic carbocycles. The summed E-state index contributed by atoms with van der Waals surface area (Å²) in [5, 5.41) is 13.6. The second-order valence-electron chi connectivity index (χ2n) is 5.07. The van der Waals surface area contributed by atoms with E-state index in [0.29, 0.717) is 30.1 Å². The molecule has 0 amide bonds. The third kappa shape index (κ3) is 3.87. The molecule has 0 aliphatic carbocycles. The minimum absolute atomic E-state index is 0.0671. The molecular formula is C17H20N2O3S. The van der Waals surface area contributed by atoms with Gasteiger partial charge in [-0.15, -0.1) is 11.8 Å². The molecule has 6 heteroatoms. The van der Waals surface area contributed by atoms with Crippen LogP contribution in [0, 0.1) is 11.3 Å². The summed E-state index contributed by atoms with van der Waals surface area (Å²) in [4.78, 5) is 12.1. The molecule has 1 aliphatic rings. The average Bonchev–Trinajstić information content (AvgIpc) is 3.04. The lowest BCUT2D eigenvalue weighted by atomic mass is 9.84. The molecule has 1 N–H and O–H groups in total. The topological polar surface area (TPSA) is 75.3 Å². The monoisotopic (exact) mass is 332 g/mol. The third-order valence-corrected chi connectivity index (χ3v) is 4.51. The fourth-order valence-corrected chi connectivity index (χ4v) is 3.53. The summed E-state index contributed by atoms with van der Waals surface area (Å²) < 4.78 is 10.8. The molecule has 0 saturated carbocycles. The summed E-state index contributed by atoms with van der Waals surface area (Å²) in [7, 11) is 0. The van der Waals surface area contributed by atoms with Crippen molar-refractivity contribution in [2.75, 3.05) is 19.0 Å². The molecule has 2 heterocycles. The van der Waals surface area contributed by atoms with Crippen LogP contribution in [0.2, 0.25) is 0 Å². The maximum atomic E-state index is 12.1. The molecule has 0 radical (unpaired) electrons. The van der Waals surface area contributed by atoms with Crippen molar-refractivity contribution in [3.05, 3.63) is 46.0 Å². The number of hydrogen-bond acceptors (Lipinski definition) is 6. The highest BCUT2D eigenvalue weighted by molar-refractivity contribution is 8.03. The van der Waals surface area contributed by atoms with Gasteiger partial charge in [-0.25, -0.2) is 0 Å². The first-order valence-electron chi connectivity index (χ1n) is 7.47. The predicted molar refractivity (Wildman–Crippen MR) is 89.6 cm³/mol. The number of nitrogens with one attached hydrogen (secondary N) is 1. The first-order valence-corrected chi connectivity index (χ1v) is 8.45. The van der Waals surface area contributed by atoms with Gasteiger partial charge in [0.1, 0.15) is 5.76 Å². The molecule has 0 bridgehead atoms. The number of nitriles is 1. The lowest BCUT2D eigenvalue weighted by Gasteiger charge is -2.27. The molecule has 1 aromatic heterocycles. The van der Waals surface area contributed by atoms with Gasteiger partial charge in [-0.05, 0) is 32.9 Å². The highest BCUT2D eigenvalue weighted by Crippen LogP contribution is 2.40. The van der Waals surface area contributed by atoms with Crippen LogP contribution in [0.4, 0.5) is 0 Å². The largest absolute Gasteiger partial charge is 0.468 e. The standard InChI is InChI=1S/C17H20N2O3S/c1-4-21-8-9-23-17-13(10-18)16(14-6-5-7-22-14)15(12(3)20)11(2)19-17/h5-7,16,19H,4,8-9H2,1-3H3/t16-/m1/s1. The average molecular weight is 332 g/mol. The Morgan fingerprint density at radius 3 is 2.91 bits per heavy atom. The zero-order chi connectivity index (χ0) is 16.8. The summed E-state index contributed by atoms with van der Waals surface area (Å²) in [6.07, 6.45) is 1.56. The molecule has 5 nitrogen and oxygen atoms in total. The fraction of sp³-hybridized carbons (Fsp3) is 0.412. The number of thioether (sulfide) groups is 1. The minimum atomic E-state index is -0.455. The number of nitrogens with zero attached hydrogens (tertiary/aromatic N) is 1. The number of Topliss-reactive ketones (excluding diaryl/α,β-unsaturated/α-hetero) is 1. The van der Waals surface area contributed by atoms with Crippen molar-refractivity contribution >= 4 is 17.5 Å². The van der Waals surface area contributed by atoms with Gasteiger partial charge in [0.2, 0.25) is 0 Å². The predicted octanol–water partition coefficient (Wildman–Crippen LogP) is 3.33. The number of carbonyl (C=O) groups excluding carboxylic acids is 1. The van der Waals surface area contributed by atoms with E-state index >= 15 is 0 Å². The number of hydrogen-bond donors (Lipinski definition) is 1. The van der Waals surface area contributed by atoms with E-state index in [1.165, 1.54) is 18.7 Å². The Hall–Kier alpha value is -1.97. The maximum Gasteiger partial charge on any atom is 0.158 e. The molecule has 0 fully saturated rings. The second kappa shape index (κ2) is 8.04. The SMILES string of the molecule is CCOCCSC1=C(C#N)[C@H](c2ccco2)C(C(C)=O)=C(C)N1. The van der Waals surface area contributed by atoms with E-state index in [1.807, 2.05) is 13.8 Å². The summed E-state index contributed by atoms with van der Waals surface area (Å²) in [5.74, 6) is 0.816. The highest BCUT2D eigenvalue weighted by Gasteiger charge is 2.34. The third-order valence-electron chi connectivity index (χ3n) is 3.53. The maximum absolute atomic E-state index is 12.1. The molecule has 23 heavy (non-hydrogen) atoms. The van der Waals surface area contributed by atoms with Gasteiger partial charge in [0.15, 0.2) is 5.78 Å². The normalized spacial score (nSPS) is 17.9. The van der Waals surface area contributed by atoms with Crippen molar-refractivity contribution in [2.24, 2.45) is 0 Å². The van der Waals surface area contributed by atoms with E-state index in [-0.39, 0.29) is 5.78 Å². The number of carbonyl (C=O) groups is 1. The number of furan rings is 1. The summed E-state index contributed by atoms with van der Waals surface area (Å²) in [5.41, 5.74) is 1.85. The Bertz CT molecular complexity index is 669. The van der Waals surface area contributed by atoms with Crippen molar-refractivity contribution in [1.82, 2.24) is 5.32 Å². The van der Waals surface area contributed by atoms with Gasteiger partial charge in [-0.1, -0.05) is 0 Å². The smallest absolute Gasteiger partial charge is 0.158 e. The molecule has 2 rings (SSSR count). The Kier molecular flexibility index (Phi) is 6.08. The lowest BCUT2D eigenvalue weighted by molar-refractivity contribution is -0.113. The van der Waals surface area contributed by atoms with Crippen LogP contribution in [0.5, 0.6) is 0 Å². The van der Waals surface area contributed by atoms with E-state index in [0.717, 1.165) is 16.5 Å². The number of allylic oxidation sites excluding steroid dienone is 3. The summed E-state index contributed by atoms with van der Waals surface area (Å²) >= 11 is 1.52. The molecule has 0 spiro atoms. The zero-order valence-corrected chi connectivity index (χ0v) is 14.3. The van der Waals surface area contributed by atoms with Gasteiger partial charge >= 0.3 is 0 Å². The fourth-order valence-electron chi connectivity index (χ4n) is 2.58. The second-order valence-corrected chi connectivity index (χ2v) is 6.17.